The van der Waals surface area contributed by atoms with Gasteiger partial charge in [0.05, 0.1) is 9.82 Å². The summed E-state index contributed by atoms with van der Waals surface area (Å²) in [6.07, 6.45) is -5.35. The lowest BCUT2D eigenvalue weighted by atomic mass is 10.3. The Labute approximate surface area is 104 Å². The molecular weight excluding hydrogens is 293 g/mol. The van der Waals surface area contributed by atoms with E-state index in [4.69, 9.17) is 0 Å². The largest absolute Gasteiger partial charge is 0.472 e. The highest BCUT2D eigenvalue weighted by atomic mass is 32.2. The molecule has 1 rings (SSSR count). The van der Waals surface area contributed by atoms with Crippen molar-refractivity contribution in [2.24, 2.45) is 0 Å². The smallest absolute Gasteiger partial charge is 0.263 e. The first-order chi connectivity index (χ1) is 8.54. The van der Waals surface area contributed by atoms with Crippen molar-refractivity contribution >= 4 is 21.6 Å². The van der Waals surface area contributed by atoms with Gasteiger partial charge in [0.2, 0.25) is 0 Å². The summed E-state index contributed by atoms with van der Waals surface area (Å²) < 4.78 is 59.2. The average Bonchev–Trinajstić information content (AvgIpc) is 2.27. The maximum Gasteiger partial charge on any atom is 0.472 e. The minimum atomic E-state index is -5.35. The highest BCUT2D eigenvalue weighted by Crippen LogP contribution is 2.18. The van der Waals surface area contributed by atoms with Gasteiger partial charge in [-0.3, -0.25) is 14.9 Å². The zero-order chi connectivity index (χ0) is 14.8. The molecule has 1 amide bonds. The predicted molar refractivity (Wildman–Crippen MR) is 54.5 cm³/mol. The summed E-state index contributed by atoms with van der Waals surface area (Å²) in [7, 11) is -4.73. The van der Waals surface area contributed by atoms with Crippen LogP contribution in [0, 0.1) is 10.1 Å². The lowest BCUT2D eigenvalue weighted by Gasteiger charge is -2.08. The predicted octanol–water partition coefficient (Wildman–Crippen LogP) is 0.962. The Morgan fingerprint density at radius 3 is 2.05 bits per heavy atom. The standard InChI is InChI=1S/C8H5F3N2O5S/c9-8(10,11)7(14)12-19(17,18)6-3-1-5(2-4-6)13(15)16/h1-4H,(H,12,14). The number of nitro groups is 1. The third kappa shape index (κ3) is 3.64. The Morgan fingerprint density at radius 1 is 1.21 bits per heavy atom. The van der Waals surface area contributed by atoms with E-state index < -0.39 is 37.6 Å². The van der Waals surface area contributed by atoms with Gasteiger partial charge < -0.3 is 0 Å². The van der Waals surface area contributed by atoms with E-state index in [1.807, 2.05) is 0 Å². The second-order valence-corrected chi connectivity index (χ2v) is 4.87. The van der Waals surface area contributed by atoms with Crippen molar-refractivity contribution in [3.05, 3.63) is 34.4 Å². The van der Waals surface area contributed by atoms with E-state index in [1.165, 1.54) is 0 Å². The number of alkyl halides is 3. The van der Waals surface area contributed by atoms with Gasteiger partial charge in [0.15, 0.2) is 0 Å². The quantitative estimate of drug-likeness (QED) is 0.660. The van der Waals surface area contributed by atoms with Crippen molar-refractivity contribution < 1.29 is 31.3 Å². The number of benzene rings is 1. The Balaban J connectivity index is 3.02. The molecule has 0 unspecified atom stereocenters. The Kier molecular flexibility index (Phi) is 3.79. The van der Waals surface area contributed by atoms with Crippen molar-refractivity contribution in [3.63, 3.8) is 0 Å². The molecule has 0 atom stereocenters. The summed E-state index contributed by atoms with van der Waals surface area (Å²) in [5.74, 6) is -2.65. The Morgan fingerprint density at radius 2 is 1.68 bits per heavy atom. The van der Waals surface area contributed by atoms with Gasteiger partial charge >= 0.3 is 12.1 Å². The van der Waals surface area contributed by atoms with Crippen LogP contribution in [0.4, 0.5) is 18.9 Å². The highest BCUT2D eigenvalue weighted by molar-refractivity contribution is 7.90. The molecule has 1 aromatic carbocycles. The van der Waals surface area contributed by atoms with E-state index in [0.717, 1.165) is 16.9 Å². The van der Waals surface area contributed by atoms with Gasteiger partial charge in [-0.25, -0.2) is 13.1 Å². The molecule has 0 aromatic heterocycles. The van der Waals surface area contributed by atoms with Gasteiger partial charge in [-0.15, -0.1) is 0 Å². The van der Waals surface area contributed by atoms with Crippen molar-refractivity contribution in [2.45, 2.75) is 11.1 Å². The molecule has 11 heteroatoms. The molecule has 1 N–H and O–H groups in total. The van der Waals surface area contributed by atoms with Crippen LogP contribution in [0.15, 0.2) is 29.2 Å². The van der Waals surface area contributed by atoms with Crippen LogP contribution in [0.25, 0.3) is 0 Å². The minimum absolute atomic E-state index is 0.443. The maximum absolute atomic E-state index is 11.9. The first-order valence-electron chi connectivity index (χ1n) is 4.42. The van der Waals surface area contributed by atoms with E-state index in [9.17, 15) is 36.5 Å². The molecule has 0 fully saturated rings. The summed E-state index contributed by atoms with van der Waals surface area (Å²) in [6, 6.07) is 2.99. The number of nitrogens with zero attached hydrogens (tertiary/aromatic N) is 1. The van der Waals surface area contributed by atoms with E-state index >= 15 is 0 Å². The zero-order valence-corrected chi connectivity index (χ0v) is 9.66. The second kappa shape index (κ2) is 4.84. The number of carbonyl (C=O) groups is 1. The van der Waals surface area contributed by atoms with E-state index in [-0.39, 0.29) is 0 Å². The number of nitro benzene ring substituents is 1. The molecule has 0 saturated heterocycles. The van der Waals surface area contributed by atoms with Gasteiger partial charge in [0, 0.05) is 12.1 Å². The molecule has 0 heterocycles. The molecule has 1 aromatic rings. The van der Waals surface area contributed by atoms with Gasteiger partial charge in [0.1, 0.15) is 0 Å². The summed E-state index contributed by atoms with van der Waals surface area (Å²) >= 11 is 0. The van der Waals surface area contributed by atoms with Crippen molar-refractivity contribution in [1.29, 1.82) is 0 Å². The van der Waals surface area contributed by atoms with Crippen molar-refractivity contribution in [1.82, 2.24) is 4.72 Å². The van der Waals surface area contributed by atoms with Crippen LogP contribution in [0.3, 0.4) is 0 Å². The first kappa shape index (κ1) is 14.9. The molecule has 7 nitrogen and oxygen atoms in total. The van der Waals surface area contributed by atoms with Crippen LogP contribution in [-0.2, 0) is 14.8 Å². The maximum atomic E-state index is 11.9. The molecule has 0 radical (unpaired) electrons. The van der Waals surface area contributed by atoms with Gasteiger partial charge in [-0.05, 0) is 12.1 Å². The van der Waals surface area contributed by atoms with Crippen molar-refractivity contribution in [2.75, 3.05) is 0 Å². The van der Waals surface area contributed by atoms with Crippen LogP contribution in [0.1, 0.15) is 0 Å². The molecule has 0 saturated carbocycles. The third-order valence-electron chi connectivity index (χ3n) is 1.84. The van der Waals surface area contributed by atoms with Crippen molar-refractivity contribution in [3.8, 4) is 0 Å². The van der Waals surface area contributed by atoms with E-state index in [1.54, 1.807) is 0 Å². The van der Waals surface area contributed by atoms with Crippen LogP contribution < -0.4 is 4.72 Å². The molecule has 104 valence electrons. The molecular formula is C8H5F3N2O5S. The lowest BCUT2D eigenvalue weighted by molar-refractivity contribution is -0.384. The van der Waals surface area contributed by atoms with Gasteiger partial charge in [-0.2, -0.15) is 13.2 Å². The number of carbonyl (C=O) groups excluding carboxylic acids is 1. The molecule has 19 heavy (non-hydrogen) atoms. The first-order valence-corrected chi connectivity index (χ1v) is 5.91. The number of non-ortho nitro benzene ring substituents is 1. The number of sulfonamides is 1. The SMILES string of the molecule is O=C(NS(=O)(=O)c1ccc([N+](=O)[O-])cc1)C(F)(F)F. The summed E-state index contributed by atoms with van der Waals surface area (Å²) in [5, 5.41) is 10.3. The number of nitrogens with one attached hydrogen (secondary N) is 1. The summed E-state index contributed by atoms with van der Waals surface area (Å²) in [4.78, 5) is 19.3. The molecule has 0 bridgehead atoms. The summed E-state index contributed by atoms with van der Waals surface area (Å²) in [5.41, 5.74) is -0.443. The van der Waals surface area contributed by atoms with Gasteiger partial charge in [-0.1, -0.05) is 0 Å². The molecule has 0 spiro atoms. The second-order valence-electron chi connectivity index (χ2n) is 3.18. The fourth-order valence-electron chi connectivity index (χ4n) is 0.986. The number of hydrogen-bond acceptors (Lipinski definition) is 5. The molecule has 0 aliphatic carbocycles. The van der Waals surface area contributed by atoms with Gasteiger partial charge in [0.25, 0.3) is 15.7 Å². The Hall–Kier alpha value is -2.17. The Bertz CT molecular complexity index is 608. The lowest BCUT2D eigenvalue weighted by Crippen LogP contribution is -2.40. The van der Waals surface area contributed by atoms with Crippen LogP contribution >= 0.6 is 0 Å². The summed E-state index contributed by atoms with van der Waals surface area (Å²) in [6.45, 7) is 0. The van der Waals surface area contributed by atoms with Crippen LogP contribution in [-0.4, -0.2) is 25.4 Å². The average molecular weight is 298 g/mol. The minimum Gasteiger partial charge on any atom is -0.263 e. The van der Waals surface area contributed by atoms with E-state index in [2.05, 4.69) is 0 Å². The third-order valence-corrected chi connectivity index (χ3v) is 3.19. The monoisotopic (exact) mass is 298 g/mol. The topological polar surface area (TPSA) is 106 Å². The zero-order valence-electron chi connectivity index (χ0n) is 8.84. The number of hydrogen-bond donors (Lipinski definition) is 1. The van der Waals surface area contributed by atoms with Crippen LogP contribution in [0.2, 0.25) is 0 Å². The van der Waals surface area contributed by atoms with Crippen LogP contribution in [0.5, 0.6) is 0 Å². The number of halogens is 3. The molecule has 0 aliphatic rings. The highest BCUT2D eigenvalue weighted by Gasteiger charge is 2.41. The van der Waals surface area contributed by atoms with E-state index in [0.29, 0.717) is 12.1 Å². The fourth-order valence-corrected chi connectivity index (χ4v) is 1.96. The number of rotatable bonds is 3. The molecule has 0 aliphatic heterocycles. The fraction of sp³-hybridized carbons (Fsp3) is 0.125. The number of amides is 1. The normalized spacial score (nSPS) is 11.9.